The maximum Gasteiger partial charge on any atom is 0.145 e. The highest BCUT2D eigenvalue weighted by Crippen LogP contribution is 2.27. The van der Waals surface area contributed by atoms with E-state index in [9.17, 15) is 9.50 Å². The molecule has 0 aliphatic carbocycles. The SMILES string of the molecule is Oc1cc(F)c(Cl)cc1Cc1ccc2ccccc2n1. The van der Waals surface area contributed by atoms with Crippen LogP contribution in [-0.2, 0) is 6.42 Å². The number of fused-ring (bicyclic) bond motifs is 1. The molecule has 0 atom stereocenters. The Hall–Kier alpha value is -2.13. The van der Waals surface area contributed by atoms with Crippen LogP contribution in [0.25, 0.3) is 10.9 Å². The van der Waals surface area contributed by atoms with Crippen LogP contribution in [0.2, 0.25) is 5.02 Å². The van der Waals surface area contributed by atoms with Crippen molar-refractivity contribution in [2.75, 3.05) is 0 Å². The predicted molar refractivity (Wildman–Crippen MR) is 77.6 cm³/mol. The molecule has 100 valence electrons. The summed E-state index contributed by atoms with van der Waals surface area (Å²) in [6, 6.07) is 14.1. The number of phenols is 1. The molecular formula is C16H11ClFNO. The van der Waals surface area contributed by atoms with Crippen LogP contribution < -0.4 is 0 Å². The van der Waals surface area contributed by atoms with Crippen LogP contribution in [0.3, 0.4) is 0 Å². The van der Waals surface area contributed by atoms with Crippen molar-refractivity contribution in [2.24, 2.45) is 0 Å². The second-order valence-corrected chi connectivity index (χ2v) is 4.97. The summed E-state index contributed by atoms with van der Waals surface area (Å²) >= 11 is 5.74. The van der Waals surface area contributed by atoms with Crippen molar-refractivity contribution in [1.82, 2.24) is 4.98 Å². The number of pyridine rings is 1. The Morgan fingerprint density at radius 2 is 1.90 bits per heavy atom. The summed E-state index contributed by atoms with van der Waals surface area (Å²) in [5.41, 5.74) is 2.23. The van der Waals surface area contributed by atoms with Crippen molar-refractivity contribution in [3.63, 3.8) is 0 Å². The molecule has 0 amide bonds. The number of phenolic OH excluding ortho intramolecular Hbond substituents is 1. The molecule has 1 N–H and O–H groups in total. The topological polar surface area (TPSA) is 33.1 Å². The van der Waals surface area contributed by atoms with Gasteiger partial charge in [0.2, 0.25) is 0 Å². The molecule has 0 radical (unpaired) electrons. The van der Waals surface area contributed by atoms with E-state index in [4.69, 9.17) is 11.6 Å². The first kappa shape index (κ1) is 12.9. The Kier molecular flexibility index (Phi) is 3.28. The van der Waals surface area contributed by atoms with Gasteiger partial charge in [-0.05, 0) is 18.2 Å². The van der Waals surface area contributed by atoms with E-state index in [0.717, 1.165) is 22.7 Å². The number of para-hydroxylation sites is 1. The fourth-order valence-electron chi connectivity index (χ4n) is 2.12. The summed E-state index contributed by atoms with van der Waals surface area (Å²) in [5.74, 6) is -0.735. The minimum Gasteiger partial charge on any atom is -0.508 e. The molecule has 0 spiro atoms. The van der Waals surface area contributed by atoms with E-state index >= 15 is 0 Å². The summed E-state index contributed by atoms with van der Waals surface area (Å²) in [4.78, 5) is 4.52. The number of hydrogen-bond donors (Lipinski definition) is 1. The third-order valence-electron chi connectivity index (χ3n) is 3.15. The van der Waals surface area contributed by atoms with E-state index in [2.05, 4.69) is 4.98 Å². The fourth-order valence-corrected chi connectivity index (χ4v) is 2.31. The van der Waals surface area contributed by atoms with E-state index < -0.39 is 5.82 Å². The van der Waals surface area contributed by atoms with Crippen molar-refractivity contribution in [1.29, 1.82) is 0 Å². The van der Waals surface area contributed by atoms with Crippen LogP contribution in [0, 0.1) is 5.82 Å². The van der Waals surface area contributed by atoms with Gasteiger partial charge in [-0.2, -0.15) is 0 Å². The van der Waals surface area contributed by atoms with Crippen molar-refractivity contribution in [3.05, 3.63) is 70.6 Å². The first-order chi connectivity index (χ1) is 9.63. The van der Waals surface area contributed by atoms with Gasteiger partial charge < -0.3 is 5.11 Å². The number of halogens is 2. The third kappa shape index (κ3) is 2.45. The molecule has 1 heterocycles. The van der Waals surface area contributed by atoms with Gasteiger partial charge in [0.15, 0.2) is 0 Å². The summed E-state index contributed by atoms with van der Waals surface area (Å²) < 4.78 is 13.2. The molecule has 1 aromatic heterocycles. The number of aromatic hydroxyl groups is 1. The second kappa shape index (κ2) is 5.10. The second-order valence-electron chi connectivity index (χ2n) is 4.57. The van der Waals surface area contributed by atoms with Crippen LogP contribution in [0.15, 0.2) is 48.5 Å². The van der Waals surface area contributed by atoms with Gasteiger partial charge in [-0.3, -0.25) is 4.98 Å². The van der Waals surface area contributed by atoms with Crippen LogP contribution in [-0.4, -0.2) is 10.1 Å². The Morgan fingerprint density at radius 1 is 1.10 bits per heavy atom. The van der Waals surface area contributed by atoms with E-state index in [-0.39, 0.29) is 10.8 Å². The first-order valence-corrected chi connectivity index (χ1v) is 6.53. The zero-order valence-electron chi connectivity index (χ0n) is 10.5. The van der Waals surface area contributed by atoms with E-state index in [0.29, 0.717) is 12.0 Å². The van der Waals surface area contributed by atoms with Gasteiger partial charge in [-0.1, -0.05) is 35.9 Å². The maximum absolute atomic E-state index is 13.2. The van der Waals surface area contributed by atoms with Crippen molar-refractivity contribution >= 4 is 22.5 Å². The highest BCUT2D eigenvalue weighted by Gasteiger charge is 2.09. The van der Waals surface area contributed by atoms with Crippen LogP contribution in [0.1, 0.15) is 11.3 Å². The van der Waals surface area contributed by atoms with E-state index in [1.54, 1.807) is 0 Å². The van der Waals surface area contributed by atoms with Gasteiger partial charge in [0, 0.05) is 29.1 Å². The molecule has 0 aliphatic rings. The van der Waals surface area contributed by atoms with Crippen LogP contribution in [0.5, 0.6) is 5.75 Å². The number of aromatic nitrogens is 1. The third-order valence-corrected chi connectivity index (χ3v) is 3.44. The Morgan fingerprint density at radius 3 is 2.75 bits per heavy atom. The van der Waals surface area contributed by atoms with E-state index in [1.807, 2.05) is 36.4 Å². The quantitative estimate of drug-likeness (QED) is 0.761. The molecule has 0 bridgehead atoms. The molecular weight excluding hydrogens is 277 g/mol. The zero-order valence-corrected chi connectivity index (χ0v) is 11.2. The number of hydrogen-bond acceptors (Lipinski definition) is 2. The maximum atomic E-state index is 13.2. The standard InChI is InChI=1S/C16H11ClFNO/c17-13-8-11(16(20)9-14(13)18)7-12-6-5-10-3-1-2-4-15(10)19-12/h1-6,8-9,20H,7H2. The van der Waals surface area contributed by atoms with Crippen LogP contribution >= 0.6 is 11.6 Å². The minimum absolute atomic E-state index is 0.00131. The highest BCUT2D eigenvalue weighted by atomic mass is 35.5. The molecule has 0 saturated heterocycles. The lowest BCUT2D eigenvalue weighted by molar-refractivity contribution is 0.463. The molecule has 3 rings (SSSR count). The summed E-state index contributed by atoms with van der Waals surface area (Å²) in [5, 5.41) is 10.8. The van der Waals surface area contributed by atoms with Crippen LogP contribution in [0.4, 0.5) is 4.39 Å². The molecule has 0 saturated carbocycles. The van der Waals surface area contributed by atoms with Gasteiger partial charge in [0.25, 0.3) is 0 Å². The Labute approximate surface area is 120 Å². The molecule has 2 nitrogen and oxygen atoms in total. The average Bonchev–Trinajstić information content (AvgIpc) is 2.44. The van der Waals surface area contributed by atoms with E-state index in [1.165, 1.54) is 6.07 Å². The Bertz CT molecular complexity index is 789. The lowest BCUT2D eigenvalue weighted by atomic mass is 10.1. The lowest BCUT2D eigenvalue weighted by Crippen LogP contribution is -1.94. The number of nitrogens with zero attached hydrogens (tertiary/aromatic N) is 1. The lowest BCUT2D eigenvalue weighted by Gasteiger charge is -2.07. The monoisotopic (exact) mass is 287 g/mol. The van der Waals surface area contributed by atoms with Gasteiger partial charge >= 0.3 is 0 Å². The normalized spacial score (nSPS) is 10.9. The summed E-state index contributed by atoms with van der Waals surface area (Å²) in [6.07, 6.45) is 0.399. The Balaban J connectivity index is 1.99. The van der Waals surface area contributed by atoms with Gasteiger partial charge in [-0.25, -0.2) is 4.39 Å². The van der Waals surface area contributed by atoms with Gasteiger partial charge in [0.1, 0.15) is 11.6 Å². The molecule has 20 heavy (non-hydrogen) atoms. The number of rotatable bonds is 2. The molecule has 4 heteroatoms. The fraction of sp³-hybridized carbons (Fsp3) is 0.0625. The summed E-state index contributed by atoms with van der Waals surface area (Å²) in [6.45, 7) is 0. The largest absolute Gasteiger partial charge is 0.508 e. The van der Waals surface area contributed by atoms with Gasteiger partial charge in [-0.15, -0.1) is 0 Å². The molecule has 0 aliphatic heterocycles. The molecule has 3 aromatic rings. The molecule has 0 fully saturated rings. The predicted octanol–water partition coefficient (Wildman–Crippen LogP) is 4.32. The number of benzene rings is 2. The summed E-state index contributed by atoms with van der Waals surface area (Å²) in [7, 11) is 0. The van der Waals surface area contributed by atoms with Crippen molar-refractivity contribution < 1.29 is 9.50 Å². The van der Waals surface area contributed by atoms with Crippen molar-refractivity contribution in [3.8, 4) is 5.75 Å². The highest BCUT2D eigenvalue weighted by molar-refractivity contribution is 6.30. The van der Waals surface area contributed by atoms with Gasteiger partial charge in [0.05, 0.1) is 10.5 Å². The molecule has 0 unspecified atom stereocenters. The first-order valence-electron chi connectivity index (χ1n) is 6.15. The zero-order chi connectivity index (χ0) is 14.1. The van der Waals surface area contributed by atoms with Crippen molar-refractivity contribution in [2.45, 2.75) is 6.42 Å². The average molecular weight is 288 g/mol. The smallest absolute Gasteiger partial charge is 0.145 e. The minimum atomic E-state index is -0.626. The molecule has 2 aromatic carbocycles.